The van der Waals surface area contributed by atoms with Crippen LogP contribution in [0.3, 0.4) is 0 Å². The Morgan fingerprint density at radius 2 is 1.89 bits per heavy atom. The molecular formula is C19H18Cl2N2O4S. The Bertz CT molecular complexity index is 942. The predicted octanol–water partition coefficient (Wildman–Crippen LogP) is 4.69. The lowest BCUT2D eigenvalue weighted by molar-refractivity contribution is -0.119. The van der Waals surface area contributed by atoms with Gasteiger partial charge in [0.2, 0.25) is 5.91 Å². The van der Waals surface area contributed by atoms with Crippen LogP contribution in [0.2, 0.25) is 10.0 Å². The van der Waals surface area contributed by atoms with Crippen LogP contribution in [0.5, 0.6) is 0 Å². The molecule has 148 valence electrons. The van der Waals surface area contributed by atoms with Crippen molar-refractivity contribution < 1.29 is 19.1 Å². The smallest absolute Gasteiger partial charge is 0.341 e. The summed E-state index contributed by atoms with van der Waals surface area (Å²) >= 11 is 13.3. The number of aryl methyl sites for hydroxylation is 1. The third-order valence-corrected chi connectivity index (χ3v) is 6.25. The molecule has 0 saturated heterocycles. The second-order valence-corrected chi connectivity index (χ2v) is 8.21. The topological polar surface area (TPSA) is 84.5 Å². The van der Waals surface area contributed by atoms with Crippen molar-refractivity contribution in [3.05, 3.63) is 44.2 Å². The van der Waals surface area contributed by atoms with Crippen molar-refractivity contribution in [3.8, 4) is 0 Å². The van der Waals surface area contributed by atoms with Crippen LogP contribution >= 0.6 is 34.5 Å². The van der Waals surface area contributed by atoms with Crippen LogP contribution in [0, 0.1) is 0 Å². The number of rotatable bonds is 5. The van der Waals surface area contributed by atoms with Gasteiger partial charge in [-0.05, 0) is 43.4 Å². The van der Waals surface area contributed by atoms with Crippen LogP contribution in [0.4, 0.5) is 10.7 Å². The molecule has 2 N–H and O–H groups in total. The van der Waals surface area contributed by atoms with Crippen molar-refractivity contribution in [3.63, 3.8) is 0 Å². The minimum atomic E-state index is -0.629. The molecule has 0 radical (unpaired) electrons. The van der Waals surface area contributed by atoms with Crippen molar-refractivity contribution in [1.82, 2.24) is 0 Å². The summed E-state index contributed by atoms with van der Waals surface area (Å²) in [6.45, 7) is 0.905. The molecule has 1 aliphatic rings. The number of esters is 1. The predicted molar refractivity (Wildman–Crippen MR) is 111 cm³/mol. The maximum atomic E-state index is 12.7. The molecule has 1 aromatic heterocycles. The highest BCUT2D eigenvalue weighted by molar-refractivity contribution is 7.17. The first-order valence-electron chi connectivity index (χ1n) is 8.70. The largest absolute Gasteiger partial charge is 0.452 e. The number of carbonyl (C=O) groups excluding carboxylic acids is 3. The Morgan fingerprint density at radius 3 is 2.64 bits per heavy atom. The van der Waals surface area contributed by atoms with Gasteiger partial charge in [-0.2, -0.15) is 0 Å². The Kier molecular flexibility index (Phi) is 6.59. The third kappa shape index (κ3) is 4.66. The molecule has 0 atom stereocenters. The molecule has 0 saturated carbocycles. The number of anilines is 2. The number of halogens is 2. The maximum absolute atomic E-state index is 12.7. The number of fused-ring (bicyclic) bond motifs is 1. The van der Waals surface area contributed by atoms with Crippen molar-refractivity contribution >= 4 is 63.0 Å². The number of carbonyl (C=O) groups is 3. The van der Waals surface area contributed by atoms with Gasteiger partial charge in [0.05, 0.1) is 21.3 Å². The molecule has 1 heterocycles. The molecular weight excluding hydrogens is 423 g/mol. The standard InChI is InChI=1S/C19H18Cl2N2O4S/c1-10(24)22-18-16(11-5-2-3-8-14(11)28-18)19(26)27-9-15(25)23-13-7-4-6-12(20)17(13)21/h4,6-7H,2-3,5,8-9H2,1H3,(H,22,24)(H,23,25). The SMILES string of the molecule is CC(=O)Nc1sc2c(c1C(=O)OCC(=O)Nc1cccc(Cl)c1Cl)CCCC2. The quantitative estimate of drug-likeness (QED) is 0.660. The Balaban J connectivity index is 1.70. The van der Waals surface area contributed by atoms with Crippen molar-refractivity contribution in [2.24, 2.45) is 0 Å². The fourth-order valence-electron chi connectivity index (χ4n) is 3.02. The Labute approximate surface area is 176 Å². The number of thiophene rings is 1. The van der Waals surface area contributed by atoms with Crippen molar-refractivity contribution in [1.29, 1.82) is 0 Å². The number of ether oxygens (including phenoxy) is 1. The van der Waals surface area contributed by atoms with Gasteiger partial charge in [-0.3, -0.25) is 9.59 Å². The van der Waals surface area contributed by atoms with E-state index in [9.17, 15) is 14.4 Å². The van der Waals surface area contributed by atoms with Crippen LogP contribution in [-0.2, 0) is 27.2 Å². The van der Waals surface area contributed by atoms with Crippen LogP contribution in [0.25, 0.3) is 0 Å². The van der Waals surface area contributed by atoms with E-state index in [0.29, 0.717) is 21.3 Å². The fourth-order valence-corrected chi connectivity index (χ4v) is 4.69. The maximum Gasteiger partial charge on any atom is 0.341 e. The van der Waals surface area contributed by atoms with Gasteiger partial charge in [0.15, 0.2) is 6.61 Å². The van der Waals surface area contributed by atoms with E-state index in [-0.39, 0.29) is 10.9 Å². The molecule has 3 rings (SSSR count). The van der Waals surface area contributed by atoms with E-state index in [0.717, 1.165) is 36.1 Å². The van der Waals surface area contributed by atoms with E-state index in [1.54, 1.807) is 18.2 Å². The summed E-state index contributed by atoms with van der Waals surface area (Å²) in [5.41, 5.74) is 1.59. The summed E-state index contributed by atoms with van der Waals surface area (Å²) in [7, 11) is 0. The molecule has 1 aromatic carbocycles. The minimum absolute atomic E-state index is 0.212. The van der Waals surface area contributed by atoms with Gasteiger partial charge in [-0.1, -0.05) is 29.3 Å². The first-order chi connectivity index (χ1) is 13.4. The minimum Gasteiger partial charge on any atom is -0.452 e. The van der Waals surface area contributed by atoms with E-state index in [4.69, 9.17) is 27.9 Å². The summed E-state index contributed by atoms with van der Waals surface area (Å²) in [4.78, 5) is 37.4. The second-order valence-electron chi connectivity index (χ2n) is 6.32. The fraction of sp³-hybridized carbons (Fsp3) is 0.316. The first kappa shape index (κ1) is 20.6. The van der Waals surface area contributed by atoms with E-state index in [1.807, 2.05) is 0 Å². The summed E-state index contributed by atoms with van der Waals surface area (Å²) in [6.07, 6.45) is 3.63. The van der Waals surface area contributed by atoms with Crippen molar-refractivity contribution in [2.45, 2.75) is 32.6 Å². The van der Waals surface area contributed by atoms with E-state index < -0.39 is 18.5 Å². The molecule has 0 unspecified atom stereocenters. The molecule has 0 bridgehead atoms. The molecule has 28 heavy (non-hydrogen) atoms. The Hall–Kier alpha value is -2.09. The summed E-state index contributed by atoms with van der Waals surface area (Å²) in [5, 5.41) is 6.25. The highest BCUT2D eigenvalue weighted by atomic mass is 35.5. The molecule has 1 aliphatic carbocycles. The lowest BCUT2D eigenvalue weighted by Gasteiger charge is -2.13. The number of amides is 2. The zero-order valence-corrected chi connectivity index (χ0v) is 17.4. The highest BCUT2D eigenvalue weighted by Gasteiger charge is 2.27. The molecule has 2 amide bonds. The van der Waals surface area contributed by atoms with Gasteiger partial charge in [0.1, 0.15) is 5.00 Å². The van der Waals surface area contributed by atoms with E-state index in [1.165, 1.54) is 18.3 Å². The summed E-state index contributed by atoms with van der Waals surface area (Å²) < 4.78 is 5.21. The Morgan fingerprint density at radius 1 is 1.14 bits per heavy atom. The zero-order chi connectivity index (χ0) is 20.3. The molecule has 6 nitrogen and oxygen atoms in total. The van der Waals surface area contributed by atoms with E-state index in [2.05, 4.69) is 10.6 Å². The van der Waals surface area contributed by atoms with Crippen LogP contribution in [-0.4, -0.2) is 24.4 Å². The lowest BCUT2D eigenvalue weighted by Crippen LogP contribution is -2.22. The second kappa shape index (κ2) is 8.94. The number of hydrogen-bond donors (Lipinski definition) is 2. The molecule has 2 aromatic rings. The van der Waals surface area contributed by atoms with Crippen molar-refractivity contribution in [2.75, 3.05) is 17.2 Å². The molecule has 0 aliphatic heterocycles. The summed E-state index contributed by atoms with van der Waals surface area (Å²) in [6, 6.07) is 4.84. The van der Waals surface area contributed by atoms with Gasteiger partial charge < -0.3 is 15.4 Å². The number of nitrogens with one attached hydrogen (secondary N) is 2. The average molecular weight is 441 g/mol. The van der Waals surface area contributed by atoms with Gasteiger partial charge >= 0.3 is 5.97 Å². The van der Waals surface area contributed by atoms with Gasteiger partial charge in [-0.15, -0.1) is 11.3 Å². The van der Waals surface area contributed by atoms with Crippen LogP contribution in [0.1, 0.15) is 40.6 Å². The first-order valence-corrected chi connectivity index (χ1v) is 10.3. The average Bonchev–Trinajstić information content (AvgIpc) is 3.00. The van der Waals surface area contributed by atoms with Gasteiger partial charge in [-0.25, -0.2) is 4.79 Å². The third-order valence-electron chi connectivity index (χ3n) is 4.23. The highest BCUT2D eigenvalue weighted by Crippen LogP contribution is 2.38. The molecule has 0 spiro atoms. The zero-order valence-electron chi connectivity index (χ0n) is 15.1. The van der Waals surface area contributed by atoms with Crippen LogP contribution in [0.15, 0.2) is 18.2 Å². The monoisotopic (exact) mass is 440 g/mol. The molecule has 0 fully saturated rings. The van der Waals surface area contributed by atoms with Gasteiger partial charge in [0, 0.05) is 11.8 Å². The number of hydrogen-bond acceptors (Lipinski definition) is 5. The van der Waals surface area contributed by atoms with Gasteiger partial charge in [0.25, 0.3) is 5.91 Å². The summed E-state index contributed by atoms with van der Waals surface area (Å²) in [5.74, 6) is -1.43. The van der Waals surface area contributed by atoms with Crippen LogP contribution < -0.4 is 10.6 Å². The number of benzene rings is 1. The molecule has 9 heteroatoms. The lowest BCUT2D eigenvalue weighted by atomic mass is 9.95. The normalized spacial score (nSPS) is 12.8. The van der Waals surface area contributed by atoms with E-state index >= 15 is 0 Å².